The summed E-state index contributed by atoms with van der Waals surface area (Å²) < 4.78 is 26.4. The predicted octanol–water partition coefficient (Wildman–Crippen LogP) is 2.47. The quantitative estimate of drug-likeness (QED) is 0.931. The third-order valence-electron chi connectivity index (χ3n) is 3.20. The Morgan fingerprint density at radius 3 is 2.45 bits per heavy atom. The number of hydrogen-bond donors (Lipinski definition) is 1. The molecule has 0 bridgehead atoms. The molecule has 1 aliphatic heterocycles. The summed E-state index contributed by atoms with van der Waals surface area (Å²) in [5.74, 6) is -0.251. The van der Waals surface area contributed by atoms with Crippen LogP contribution in [0, 0.1) is 0 Å². The molecule has 1 fully saturated rings. The third kappa shape index (κ3) is 3.31. The van der Waals surface area contributed by atoms with Gasteiger partial charge in [-0.15, -0.1) is 0 Å². The zero-order valence-corrected chi connectivity index (χ0v) is 12.8. The Labute approximate surface area is 124 Å². The van der Waals surface area contributed by atoms with Gasteiger partial charge in [0.25, 0.3) is 0 Å². The number of nitrogens with one attached hydrogen (secondary N) is 1. The summed E-state index contributed by atoms with van der Waals surface area (Å²) in [4.78, 5) is 11.2. The van der Waals surface area contributed by atoms with E-state index in [4.69, 9.17) is 11.6 Å². The monoisotopic (exact) mass is 316 g/mol. The van der Waals surface area contributed by atoms with Gasteiger partial charge in [-0.25, -0.2) is 8.42 Å². The minimum absolute atomic E-state index is 0.165. The fourth-order valence-electron chi connectivity index (χ4n) is 2.20. The normalized spacial score (nSPS) is 16.9. The number of nitrogens with zero attached hydrogens (tertiary/aromatic N) is 1. The lowest BCUT2D eigenvalue weighted by atomic mass is 10.2. The molecule has 0 aliphatic carbocycles. The van der Waals surface area contributed by atoms with E-state index < -0.39 is 10.0 Å². The molecule has 0 saturated carbocycles. The van der Waals surface area contributed by atoms with Gasteiger partial charge in [0.1, 0.15) is 0 Å². The molecular weight excluding hydrogens is 300 g/mol. The van der Waals surface area contributed by atoms with Crippen LogP contribution in [0.4, 0.5) is 5.69 Å². The van der Waals surface area contributed by atoms with Crippen molar-refractivity contribution in [3.05, 3.63) is 23.2 Å². The van der Waals surface area contributed by atoms with Gasteiger partial charge in [-0.1, -0.05) is 18.0 Å². The predicted molar refractivity (Wildman–Crippen MR) is 78.4 cm³/mol. The first-order valence-electron chi connectivity index (χ1n) is 6.48. The summed E-state index contributed by atoms with van der Waals surface area (Å²) in [5, 5.41) is 2.77. The minimum atomic E-state index is -3.49. The SMILES string of the molecule is CC(=O)Nc1ccc(S(=O)(=O)N2CCCCC2)cc1Cl. The molecule has 1 aromatic rings. The van der Waals surface area contributed by atoms with Crippen LogP contribution in [-0.2, 0) is 14.8 Å². The molecule has 0 radical (unpaired) electrons. The number of halogens is 1. The fraction of sp³-hybridized carbons (Fsp3) is 0.462. The number of anilines is 1. The summed E-state index contributed by atoms with van der Waals surface area (Å²) in [7, 11) is -3.49. The van der Waals surface area contributed by atoms with Crippen molar-refractivity contribution in [2.45, 2.75) is 31.1 Å². The highest BCUT2D eigenvalue weighted by atomic mass is 35.5. The van der Waals surface area contributed by atoms with Crippen molar-refractivity contribution in [3.8, 4) is 0 Å². The van der Waals surface area contributed by atoms with Crippen molar-refractivity contribution in [2.24, 2.45) is 0 Å². The zero-order chi connectivity index (χ0) is 14.8. The maximum absolute atomic E-state index is 12.5. The number of carbonyl (C=O) groups excluding carboxylic acids is 1. The van der Waals surface area contributed by atoms with E-state index in [0.29, 0.717) is 18.8 Å². The molecule has 1 aliphatic rings. The molecule has 0 spiro atoms. The number of rotatable bonds is 3. The van der Waals surface area contributed by atoms with Crippen molar-refractivity contribution in [3.63, 3.8) is 0 Å². The van der Waals surface area contributed by atoms with E-state index in [1.807, 2.05) is 0 Å². The summed E-state index contributed by atoms with van der Waals surface area (Å²) in [6.45, 7) is 2.47. The Morgan fingerprint density at radius 2 is 1.90 bits per heavy atom. The summed E-state index contributed by atoms with van der Waals surface area (Å²) in [6.07, 6.45) is 2.84. The van der Waals surface area contributed by atoms with E-state index in [1.165, 1.54) is 29.4 Å². The van der Waals surface area contributed by atoms with Gasteiger partial charge in [0.05, 0.1) is 15.6 Å². The average Bonchev–Trinajstić information content (AvgIpc) is 2.41. The molecular formula is C13H17ClN2O3S. The van der Waals surface area contributed by atoms with Crippen LogP contribution in [0.2, 0.25) is 5.02 Å². The Hall–Kier alpha value is -1.11. The number of piperidine rings is 1. The van der Waals surface area contributed by atoms with Gasteiger partial charge < -0.3 is 5.32 Å². The second-order valence-electron chi connectivity index (χ2n) is 4.79. The fourth-order valence-corrected chi connectivity index (χ4v) is 4.04. The summed E-state index contributed by atoms with van der Waals surface area (Å²) >= 11 is 6.02. The minimum Gasteiger partial charge on any atom is -0.325 e. The van der Waals surface area contributed by atoms with Crippen LogP contribution in [0.3, 0.4) is 0 Å². The molecule has 2 rings (SSSR count). The number of benzene rings is 1. The van der Waals surface area contributed by atoms with Gasteiger partial charge in [0, 0.05) is 20.0 Å². The standard InChI is InChI=1S/C13H17ClN2O3S/c1-10(17)15-13-6-5-11(9-12(13)14)20(18,19)16-7-3-2-4-8-16/h5-6,9H,2-4,7-8H2,1H3,(H,15,17). The molecule has 110 valence electrons. The second kappa shape index (κ2) is 6.11. The Kier molecular flexibility index (Phi) is 4.67. The van der Waals surface area contributed by atoms with Gasteiger partial charge >= 0.3 is 0 Å². The topological polar surface area (TPSA) is 66.5 Å². The summed E-state index contributed by atoms with van der Waals surface area (Å²) in [6, 6.07) is 4.37. The Balaban J connectivity index is 2.28. The molecule has 1 saturated heterocycles. The molecule has 1 N–H and O–H groups in total. The van der Waals surface area contributed by atoms with Gasteiger partial charge in [-0.05, 0) is 31.0 Å². The van der Waals surface area contributed by atoms with Crippen LogP contribution < -0.4 is 5.32 Å². The van der Waals surface area contributed by atoms with Crippen LogP contribution in [0.25, 0.3) is 0 Å². The highest BCUT2D eigenvalue weighted by Crippen LogP contribution is 2.28. The third-order valence-corrected chi connectivity index (χ3v) is 5.41. The van der Waals surface area contributed by atoms with Gasteiger partial charge in [0.2, 0.25) is 15.9 Å². The lowest BCUT2D eigenvalue weighted by Crippen LogP contribution is -2.35. The Bertz CT molecular complexity index is 610. The van der Waals surface area contributed by atoms with E-state index in [-0.39, 0.29) is 15.8 Å². The lowest BCUT2D eigenvalue weighted by molar-refractivity contribution is -0.114. The number of amides is 1. The van der Waals surface area contributed by atoms with Crippen molar-refractivity contribution in [1.29, 1.82) is 0 Å². The molecule has 7 heteroatoms. The Morgan fingerprint density at radius 1 is 1.25 bits per heavy atom. The van der Waals surface area contributed by atoms with E-state index in [9.17, 15) is 13.2 Å². The van der Waals surface area contributed by atoms with E-state index in [1.54, 1.807) is 0 Å². The first-order chi connectivity index (χ1) is 9.41. The van der Waals surface area contributed by atoms with Crippen molar-refractivity contribution >= 4 is 33.2 Å². The largest absolute Gasteiger partial charge is 0.325 e. The first kappa shape index (κ1) is 15.3. The van der Waals surface area contributed by atoms with Crippen molar-refractivity contribution in [2.75, 3.05) is 18.4 Å². The molecule has 1 aromatic carbocycles. The van der Waals surface area contributed by atoms with Crippen LogP contribution in [0.15, 0.2) is 23.1 Å². The van der Waals surface area contributed by atoms with Crippen LogP contribution in [0.5, 0.6) is 0 Å². The zero-order valence-electron chi connectivity index (χ0n) is 11.2. The van der Waals surface area contributed by atoms with Gasteiger partial charge in [0.15, 0.2) is 0 Å². The lowest BCUT2D eigenvalue weighted by Gasteiger charge is -2.26. The average molecular weight is 317 g/mol. The number of sulfonamides is 1. The smallest absolute Gasteiger partial charge is 0.243 e. The molecule has 0 aromatic heterocycles. The molecule has 20 heavy (non-hydrogen) atoms. The highest BCUT2D eigenvalue weighted by molar-refractivity contribution is 7.89. The molecule has 1 amide bonds. The second-order valence-corrected chi connectivity index (χ2v) is 7.13. The molecule has 0 atom stereocenters. The molecule has 1 heterocycles. The van der Waals surface area contributed by atoms with Crippen molar-refractivity contribution in [1.82, 2.24) is 4.31 Å². The van der Waals surface area contributed by atoms with Crippen LogP contribution >= 0.6 is 11.6 Å². The number of hydrogen-bond acceptors (Lipinski definition) is 3. The molecule has 0 unspecified atom stereocenters. The van der Waals surface area contributed by atoms with E-state index in [0.717, 1.165) is 19.3 Å². The highest BCUT2D eigenvalue weighted by Gasteiger charge is 2.26. The van der Waals surface area contributed by atoms with Crippen LogP contribution in [-0.4, -0.2) is 31.7 Å². The summed E-state index contributed by atoms with van der Waals surface area (Å²) in [5.41, 5.74) is 0.414. The van der Waals surface area contributed by atoms with E-state index >= 15 is 0 Å². The maximum atomic E-state index is 12.5. The van der Waals surface area contributed by atoms with Crippen molar-refractivity contribution < 1.29 is 13.2 Å². The first-order valence-corrected chi connectivity index (χ1v) is 8.30. The molecule has 5 nitrogen and oxygen atoms in total. The number of carbonyl (C=O) groups is 1. The van der Waals surface area contributed by atoms with Crippen LogP contribution in [0.1, 0.15) is 26.2 Å². The van der Waals surface area contributed by atoms with Gasteiger partial charge in [-0.2, -0.15) is 4.31 Å². The van der Waals surface area contributed by atoms with Gasteiger partial charge in [-0.3, -0.25) is 4.79 Å². The maximum Gasteiger partial charge on any atom is 0.243 e. The van der Waals surface area contributed by atoms with E-state index in [2.05, 4.69) is 5.32 Å².